The summed E-state index contributed by atoms with van der Waals surface area (Å²) in [6.45, 7) is 4.73. The van der Waals surface area contributed by atoms with E-state index in [1.165, 1.54) is 19.1 Å². The lowest BCUT2D eigenvalue weighted by Gasteiger charge is -2.31. The van der Waals surface area contributed by atoms with Gasteiger partial charge in [0.25, 0.3) is 0 Å². The van der Waals surface area contributed by atoms with Crippen LogP contribution in [0.5, 0.6) is 0 Å². The topological polar surface area (TPSA) is 80.6 Å². The Labute approximate surface area is 216 Å². The van der Waals surface area contributed by atoms with E-state index in [0.29, 0.717) is 51.1 Å². The number of rotatable bonds is 8. The van der Waals surface area contributed by atoms with Crippen LogP contribution in [-0.2, 0) is 25.5 Å². The van der Waals surface area contributed by atoms with Crippen LogP contribution in [0.2, 0.25) is 0 Å². The zero-order valence-corrected chi connectivity index (χ0v) is 21.2. The third kappa shape index (κ3) is 6.44. The largest absolute Gasteiger partial charge is 0.466 e. The molecule has 2 amide bonds. The van der Waals surface area contributed by atoms with Crippen LogP contribution >= 0.6 is 0 Å². The molecule has 1 aromatic heterocycles. The summed E-state index contributed by atoms with van der Waals surface area (Å²) in [6.07, 6.45) is 2.10. The predicted molar refractivity (Wildman–Crippen MR) is 140 cm³/mol. The van der Waals surface area contributed by atoms with Crippen molar-refractivity contribution >= 4 is 23.5 Å². The summed E-state index contributed by atoms with van der Waals surface area (Å²) in [4.78, 5) is 38.2. The van der Waals surface area contributed by atoms with Gasteiger partial charge in [-0.1, -0.05) is 0 Å². The Morgan fingerprint density at radius 2 is 1.65 bits per heavy atom. The molecule has 8 heteroatoms. The number of nitrogens with zero attached hydrogens (tertiary/aromatic N) is 2. The number of anilines is 1. The maximum atomic E-state index is 13.6. The highest BCUT2D eigenvalue weighted by atomic mass is 19.1. The number of piperidine rings is 1. The number of esters is 1. The maximum absolute atomic E-state index is 13.6. The number of likely N-dealkylation sites (tertiary alicyclic amines) is 1. The van der Waals surface area contributed by atoms with Gasteiger partial charge in [0.15, 0.2) is 0 Å². The summed E-state index contributed by atoms with van der Waals surface area (Å²) < 4.78 is 20.7. The van der Waals surface area contributed by atoms with Crippen molar-refractivity contribution < 1.29 is 23.5 Å². The molecule has 0 spiro atoms. The second-order valence-corrected chi connectivity index (χ2v) is 9.19. The Kier molecular flexibility index (Phi) is 8.38. The first-order chi connectivity index (χ1) is 17.9. The van der Waals surface area contributed by atoms with Gasteiger partial charge in [-0.2, -0.15) is 0 Å². The fraction of sp³-hybridized carbons (Fsp3) is 0.345. The first-order valence-electron chi connectivity index (χ1n) is 12.6. The standard InChI is InChI=1S/C29H32FN3O4/c1-3-37-29(36)22-16-18-32(19-17-22)28(35)15-13-26-12-14-27(21-4-6-23(30)7-5-21)33(26)25-10-8-24(9-11-25)31-20(2)34/h4-12,14,22H,3,13,15-19H2,1-2H3,(H,31,34). The highest BCUT2D eigenvalue weighted by molar-refractivity contribution is 5.88. The van der Waals surface area contributed by atoms with Crippen LogP contribution < -0.4 is 5.32 Å². The van der Waals surface area contributed by atoms with Crippen molar-refractivity contribution in [3.05, 3.63) is 72.2 Å². The third-order valence-corrected chi connectivity index (χ3v) is 6.61. The summed E-state index contributed by atoms with van der Waals surface area (Å²) in [5.41, 5.74) is 4.24. The normalized spacial score (nSPS) is 13.9. The van der Waals surface area contributed by atoms with Gasteiger partial charge in [0, 0.05) is 43.5 Å². The second-order valence-electron chi connectivity index (χ2n) is 9.19. The molecule has 1 aliphatic rings. The molecule has 7 nitrogen and oxygen atoms in total. The van der Waals surface area contributed by atoms with Crippen molar-refractivity contribution in [2.24, 2.45) is 5.92 Å². The van der Waals surface area contributed by atoms with Crippen LogP contribution in [-0.4, -0.2) is 46.9 Å². The minimum Gasteiger partial charge on any atom is -0.466 e. The van der Waals surface area contributed by atoms with Gasteiger partial charge in [-0.25, -0.2) is 4.39 Å². The van der Waals surface area contributed by atoms with Crippen molar-refractivity contribution in [1.29, 1.82) is 0 Å². The van der Waals surface area contributed by atoms with E-state index in [2.05, 4.69) is 9.88 Å². The summed E-state index contributed by atoms with van der Waals surface area (Å²) in [6, 6.07) is 17.7. The van der Waals surface area contributed by atoms with Gasteiger partial charge >= 0.3 is 5.97 Å². The van der Waals surface area contributed by atoms with Crippen LogP contribution in [0, 0.1) is 11.7 Å². The first kappa shape index (κ1) is 26.1. The molecule has 0 unspecified atom stereocenters. The van der Waals surface area contributed by atoms with E-state index >= 15 is 0 Å². The number of ether oxygens (including phenoxy) is 1. The molecule has 2 aromatic carbocycles. The van der Waals surface area contributed by atoms with Crippen LogP contribution in [0.3, 0.4) is 0 Å². The Morgan fingerprint density at radius 1 is 0.973 bits per heavy atom. The summed E-state index contributed by atoms with van der Waals surface area (Å²) in [7, 11) is 0. The Bertz CT molecular complexity index is 1240. The van der Waals surface area contributed by atoms with E-state index in [9.17, 15) is 18.8 Å². The number of aryl methyl sites for hydroxylation is 1. The number of amides is 2. The molecule has 0 radical (unpaired) electrons. The van der Waals surface area contributed by atoms with Gasteiger partial charge in [-0.3, -0.25) is 14.4 Å². The van der Waals surface area contributed by atoms with E-state index in [1.54, 1.807) is 19.1 Å². The molecule has 0 aliphatic carbocycles. The zero-order chi connectivity index (χ0) is 26.4. The van der Waals surface area contributed by atoms with Crippen molar-refractivity contribution in [1.82, 2.24) is 9.47 Å². The highest BCUT2D eigenvalue weighted by Gasteiger charge is 2.28. The zero-order valence-electron chi connectivity index (χ0n) is 21.2. The fourth-order valence-corrected chi connectivity index (χ4v) is 4.74. The molecule has 1 N–H and O–H groups in total. The van der Waals surface area contributed by atoms with Gasteiger partial charge in [0.05, 0.1) is 18.2 Å². The number of aromatic nitrogens is 1. The lowest BCUT2D eigenvalue weighted by atomic mass is 9.96. The van der Waals surface area contributed by atoms with Gasteiger partial charge in [0.1, 0.15) is 5.82 Å². The number of carbonyl (C=O) groups is 3. The smallest absolute Gasteiger partial charge is 0.309 e. The molecular formula is C29H32FN3O4. The van der Waals surface area contributed by atoms with E-state index in [-0.39, 0.29) is 29.5 Å². The average Bonchev–Trinajstić information content (AvgIpc) is 3.32. The molecule has 3 aromatic rings. The molecule has 0 saturated carbocycles. The second kappa shape index (κ2) is 11.9. The summed E-state index contributed by atoms with van der Waals surface area (Å²) in [5.74, 6) is -0.713. The minimum atomic E-state index is -0.306. The molecule has 0 bridgehead atoms. The molecule has 37 heavy (non-hydrogen) atoms. The number of carbonyl (C=O) groups excluding carboxylic acids is 3. The third-order valence-electron chi connectivity index (χ3n) is 6.61. The Balaban J connectivity index is 1.51. The maximum Gasteiger partial charge on any atom is 0.309 e. The van der Waals surface area contributed by atoms with E-state index in [1.807, 2.05) is 41.3 Å². The minimum absolute atomic E-state index is 0.0550. The molecule has 1 fully saturated rings. The SMILES string of the molecule is CCOC(=O)C1CCN(C(=O)CCc2ccc(-c3ccc(F)cc3)n2-c2ccc(NC(C)=O)cc2)CC1. The van der Waals surface area contributed by atoms with E-state index < -0.39 is 0 Å². The summed E-state index contributed by atoms with van der Waals surface area (Å²) in [5, 5.41) is 2.77. The van der Waals surface area contributed by atoms with Crippen LogP contribution in [0.4, 0.5) is 10.1 Å². The number of benzene rings is 2. The van der Waals surface area contributed by atoms with Crippen molar-refractivity contribution in [3.8, 4) is 16.9 Å². The molecule has 1 aliphatic heterocycles. The van der Waals surface area contributed by atoms with Crippen LogP contribution in [0.25, 0.3) is 16.9 Å². The van der Waals surface area contributed by atoms with E-state index in [4.69, 9.17) is 4.74 Å². The fourth-order valence-electron chi connectivity index (χ4n) is 4.74. The Morgan fingerprint density at radius 3 is 2.27 bits per heavy atom. The van der Waals surface area contributed by atoms with Crippen LogP contribution in [0.15, 0.2) is 60.7 Å². The average molecular weight is 506 g/mol. The molecule has 194 valence electrons. The quantitative estimate of drug-likeness (QED) is 0.438. The molecule has 2 heterocycles. The Hall–Kier alpha value is -3.94. The van der Waals surface area contributed by atoms with Gasteiger partial charge in [-0.15, -0.1) is 0 Å². The molecular weight excluding hydrogens is 473 g/mol. The summed E-state index contributed by atoms with van der Waals surface area (Å²) >= 11 is 0. The molecule has 4 rings (SSSR count). The predicted octanol–water partition coefficient (Wildman–Crippen LogP) is 4.98. The van der Waals surface area contributed by atoms with Gasteiger partial charge in [0.2, 0.25) is 11.8 Å². The lowest BCUT2D eigenvalue weighted by Crippen LogP contribution is -2.40. The highest BCUT2D eigenvalue weighted by Crippen LogP contribution is 2.29. The van der Waals surface area contributed by atoms with Gasteiger partial charge in [-0.05, 0) is 92.4 Å². The lowest BCUT2D eigenvalue weighted by molar-refractivity contribution is -0.151. The van der Waals surface area contributed by atoms with Crippen molar-refractivity contribution in [3.63, 3.8) is 0 Å². The van der Waals surface area contributed by atoms with E-state index in [0.717, 1.165) is 22.6 Å². The molecule has 1 saturated heterocycles. The molecule has 0 atom stereocenters. The van der Waals surface area contributed by atoms with Crippen molar-refractivity contribution in [2.45, 2.75) is 39.5 Å². The first-order valence-corrected chi connectivity index (χ1v) is 12.6. The van der Waals surface area contributed by atoms with Gasteiger partial charge < -0.3 is 19.5 Å². The number of hydrogen-bond acceptors (Lipinski definition) is 4. The van der Waals surface area contributed by atoms with Crippen LogP contribution in [0.1, 0.15) is 38.8 Å². The number of hydrogen-bond donors (Lipinski definition) is 1. The number of halogens is 1. The monoisotopic (exact) mass is 505 g/mol. The number of nitrogens with one attached hydrogen (secondary N) is 1. The van der Waals surface area contributed by atoms with Crippen molar-refractivity contribution in [2.75, 3.05) is 25.0 Å².